The molecule has 0 saturated heterocycles. The number of carbonyl (C=O) groups excluding carboxylic acids is 1. The van der Waals surface area contributed by atoms with E-state index in [9.17, 15) is 4.79 Å². The highest BCUT2D eigenvalue weighted by Crippen LogP contribution is 2.29. The molecular weight excluding hydrogens is 352 g/mol. The number of pyridine rings is 1. The van der Waals surface area contributed by atoms with E-state index in [0.717, 1.165) is 24.9 Å². The van der Waals surface area contributed by atoms with Crippen LogP contribution in [0.5, 0.6) is 0 Å². The van der Waals surface area contributed by atoms with Crippen LogP contribution in [0.1, 0.15) is 40.2 Å². The summed E-state index contributed by atoms with van der Waals surface area (Å²) in [6.07, 6.45) is 5.62. The molecule has 3 aromatic rings. The quantitative estimate of drug-likeness (QED) is 0.602. The van der Waals surface area contributed by atoms with Crippen molar-refractivity contribution in [3.63, 3.8) is 0 Å². The van der Waals surface area contributed by atoms with Gasteiger partial charge in [0.1, 0.15) is 0 Å². The van der Waals surface area contributed by atoms with Gasteiger partial charge in [0.25, 0.3) is 5.91 Å². The molecule has 2 heterocycles. The number of aromatic nitrogens is 2. The van der Waals surface area contributed by atoms with Gasteiger partial charge < -0.3 is 9.42 Å². The van der Waals surface area contributed by atoms with E-state index >= 15 is 0 Å². The van der Waals surface area contributed by atoms with Crippen LogP contribution >= 0.6 is 0 Å². The lowest BCUT2D eigenvalue weighted by molar-refractivity contribution is 0.0719. The molecule has 1 aliphatic rings. The maximum Gasteiger partial charge on any atom is 0.276 e. The highest BCUT2D eigenvalue weighted by atomic mass is 16.5. The first-order valence-corrected chi connectivity index (χ1v) is 9.57. The van der Waals surface area contributed by atoms with Crippen LogP contribution in [-0.2, 0) is 19.6 Å². The predicted octanol–water partition coefficient (Wildman–Crippen LogP) is 3.51. The predicted molar refractivity (Wildman–Crippen MR) is 105 cm³/mol. The molecule has 1 aliphatic carbocycles. The Balaban J connectivity index is 1.40. The van der Waals surface area contributed by atoms with Gasteiger partial charge in [-0.3, -0.25) is 14.7 Å². The number of nitrogens with zero attached hydrogens (tertiary/aromatic N) is 4. The molecule has 144 valence electrons. The monoisotopic (exact) mass is 376 g/mol. The standard InChI is InChI=1S/C22H24N4O2/c1-25(14-17-6-3-2-4-7-17)16-20-12-21(24-28-20)22(27)26(19-9-10-19)15-18-8-5-11-23-13-18/h2-8,11-13,19H,9-10,14-16H2,1H3. The van der Waals surface area contributed by atoms with Crippen molar-refractivity contribution in [2.24, 2.45) is 0 Å². The number of hydrogen-bond donors (Lipinski definition) is 0. The summed E-state index contributed by atoms with van der Waals surface area (Å²) in [6, 6.07) is 16.2. The molecule has 1 amide bonds. The lowest BCUT2D eigenvalue weighted by atomic mass is 10.2. The summed E-state index contributed by atoms with van der Waals surface area (Å²) in [5.74, 6) is 0.617. The molecular formula is C22H24N4O2. The molecule has 28 heavy (non-hydrogen) atoms. The van der Waals surface area contributed by atoms with Gasteiger partial charge in [-0.15, -0.1) is 0 Å². The Hall–Kier alpha value is -2.99. The van der Waals surface area contributed by atoms with Crippen molar-refractivity contribution < 1.29 is 9.32 Å². The number of rotatable bonds is 8. The van der Waals surface area contributed by atoms with E-state index < -0.39 is 0 Å². The van der Waals surface area contributed by atoms with Crippen molar-refractivity contribution in [1.82, 2.24) is 19.9 Å². The zero-order valence-electron chi connectivity index (χ0n) is 16.0. The molecule has 0 radical (unpaired) electrons. The number of amides is 1. The van der Waals surface area contributed by atoms with Gasteiger partial charge in [0.15, 0.2) is 11.5 Å². The summed E-state index contributed by atoms with van der Waals surface area (Å²) >= 11 is 0. The fourth-order valence-corrected chi connectivity index (χ4v) is 3.29. The summed E-state index contributed by atoms with van der Waals surface area (Å²) < 4.78 is 5.44. The van der Waals surface area contributed by atoms with Crippen molar-refractivity contribution in [3.05, 3.63) is 83.5 Å². The van der Waals surface area contributed by atoms with Crippen molar-refractivity contribution >= 4 is 5.91 Å². The largest absolute Gasteiger partial charge is 0.359 e. The van der Waals surface area contributed by atoms with Gasteiger partial charge >= 0.3 is 0 Å². The molecule has 6 heteroatoms. The third-order valence-electron chi connectivity index (χ3n) is 4.82. The van der Waals surface area contributed by atoms with Crippen LogP contribution in [0.15, 0.2) is 65.4 Å². The average Bonchev–Trinajstić information content (AvgIpc) is 3.45. The molecule has 1 aromatic carbocycles. The Morgan fingerprint density at radius 3 is 2.57 bits per heavy atom. The number of carbonyl (C=O) groups is 1. The minimum atomic E-state index is -0.0768. The van der Waals surface area contributed by atoms with E-state index in [1.807, 2.05) is 42.3 Å². The van der Waals surface area contributed by atoms with Gasteiger partial charge in [-0.1, -0.05) is 41.6 Å². The molecule has 2 aromatic heterocycles. The van der Waals surface area contributed by atoms with Gasteiger partial charge in [-0.2, -0.15) is 0 Å². The maximum absolute atomic E-state index is 13.0. The third-order valence-corrected chi connectivity index (χ3v) is 4.82. The zero-order chi connectivity index (χ0) is 19.3. The molecule has 1 saturated carbocycles. The second kappa shape index (κ2) is 8.35. The molecule has 4 rings (SSSR count). The molecule has 6 nitrogen and oxygen atoms in total. The van der Waals surface area contributed by atoms with E-state index in [0.29, 0.717) is 24.5 Å². The molecule has 0 spiro atoms. The van der Waals surface area contributed by atoms with E-state index in [2.05, 4.69) is 27.2 Å². The van der Waals surface area contributed by atoms with Gasteiger partial charge in [-0.25, -0.2) is 0 Å². The lowest BCUT2D eigenvalue weighted by Crippen LogP contribution is -2.32. The first-order chi connectivity index (χ1) is 13.7. The summed E-state index contributed by atoms with van der Waals surface area (Å²) in [7, 11) is 2.02. The second-order valence-corrected chi connectivity index (χ2v) is 7.36. The van der Waals surface area contributed by atoms with Crippen LogP contribution < -0.4 is 0 Å². The highest BCUT2D eigenvalue weighted by Gasteiger charge is 2.34. The Morgan fingerprint density at radius 2 is 1.86 bits per heavy atom. The molecule has 1 fully saturated rings. The van der Waals surface area contributed by atoms with Crippen LogP contribution in [0, 0.1) is 0 Å². The average molecular weight is 376 g/mol. The van der Waals surface area contributed by atoms with Crippen LogP contribution in [0.3, 0.4) is 0 Å². The first kappa shape index (κ1) is 18.4. The van der Waals surface area contributed by atoms with Gasteiger partial charge in [0, 0.05) is 37.6 Å². The third kappa shape index (κ3) is 4.64. The molecule has 0 atom stereocenters. The summed E-state index contributed by atoms with van der Waals surface area (Å²) in [6.45, 7) is 1.95. The van der Waals surface area contributed by atoms with Crippen LogP contribution in [-0.4, -0.2) is 38.9 Å². The normalized spacial score (nSPS) is 13.6. The van der Waals surface area contributed by atoms with E-state index in [4.69, 9.17) is 4.52 Å². The first-order valence-electron chi connectivity index (χ1n) is 9.57. The van der Waals surface area contributed by atoms with E-state index in [1.54, 1.807) is 18.5 Å². The fourth-order valence-electron chi connectivity index (χ4n) is 3.29. The highest BCUT2D eigenvalue weighted by molar-refractivity contribution is 5.92. The van der Waals surface area contributed by atoms with Gasteiger partial charge in [0.2, 0.25) is 0 Å². The van der Waals surface area contributed by atoms with Gasteiger partial charge in [0.05, 0.1) is 6.54 Å². The minimum absolute atomic E-state index is 0.0768. The SMILES string of the molecule is CN(Cc1ccccc1)Cc1cc(C(=O)N(Cc2cccnc2)C2CC2)no1. The smallest absolute Gasteiger partial charge is 0.276 e. The summed E-state index contributed by atoms with van der Waals surface area (Å²) in [5.41, 5.74) is 2.63. The van der Waals surface area contributed by atoms with Crippen LogP contribution in [0.2, 0.25) is 0 Å². The fraction of sp³-hybridized carbons (Fsp3) is 0.318. The second-order valence-electron chi connectivity index (χ2n) is 7.36. The number of hydrogen-bond acceptors (Lipinski definition) is 5. The zero-order valence-corrected chi connectivity index (χ0v) is 16.0. The molecule has 0 unspecified atom stereocenters. The summed E-state index contributed by atoms with van der Waals surface area (Å²) in [4.78, 5) is 21.2. The molecule has 0 N–H and O–H groups in total. The van der Waals surface area contributed by atoms with Crippen LogP contribution in [0.4, 0.5) is 0 Å². The molecule has 0 bridgehead atoms. The topological polar surface area (TPSA) is 62.5 Å². The van der Waals surface area contributed by atoms with Crippen LogP contribution in [0.25, 0.3) is 0 Å². The van der Waals surface area contributed by atoms with Crippen molar-refractivity contribution in [2.75, 3.05) is 7.05 Å². The van der Waals surface area contributed by atoms with E-state index in [1.165, 1.54) is 5.56 Å². The van der Waals surface area contributed by atoms with Crippen molar-refractivity contribution in [3.8, 4) is 0 Å². The Morgan fingerprint density at radius 1 is 1.07 bits per heavy atom. The van der Waals surface area contributed by atoms with E-state index in [-0.39, 0.29) is 11.9 Å². The summed E-state index contributed by atoms with van der Waals surface area (Å²) in [5, 5.41) is 4.04. The maximum atomic E-state index is 13.0. The van der Waals surface area contributed by atoms with Gasteiger partial charge in [-0.05, 0) is 37.1 Å². The van der Waals surface area contributed by atoms with Crippen molar-refractivity contribution in [2.45, 2.75) is 38.5 Å². The Labute approximate surface area is 164 Å². The Bertz CT molecular complexity index is 907. The minimum Gasteiger partial charge on any atom is -0.359 e. The Kier molecular flexibility index (Phi) is 5.48. The van der Waals surface area contributed by atoms with Crippen molar-refractivity contribution in [1.29, 1.82) is 0 Å². The lowest BCUT2D eigenvalue weighted by Gasteiger charge is -2.21. The number of benzene rings is 1. The molecule has 0 aliphatic heterocycles.